The number of anilines is 1. The molecular weight excluding hydrogens is 356 g/mol. The van der Waals surface area contributed by atoms with E-state index < -0.39 is 0 Å². The maximum absolute atomic E-state index is 12.0. The number of nitrogens with zero attached hydrogens (tertiary/aromatic N) is 3. The third-order valence-corrected chi connectivity index (χ3v) is 4.11. The quantitative estimate of drug-likeness (QED) is 0.664. The zero-order valence-electron chi connectivity index (χ0n) is 14.1. The van der Waals surface area contributed by atoms with Gasteiger partial charge < -0.3 is 19.1 Å². The van der Waals surface area contributed by atoms with Crippen molar-refractivity contribution < 1.29 is 18.4 Å². The molecule has 0 saturated carbocycles. The van der Waals surface area contributed by atoms with Gasteiger partial charge in [-0.15, -0.1) is 10.2 Å². The lowest BCUT2D eigenvalue weighted by Crippen LogP contribution is -2.21. The molecule has 0 spiro atoms. The first-order valence-corrected chi connectivity index (χ1v) is 8.63. The van der Waals surface area contributed by atoms with Gasteiger partial charge in [-0.05, 0) is 36.4 Å². The summed E-state index contributed by atoms with van der Waals surface area (Å²) in [4.78, 5) is 25.4. The number of furan rings is 1. The third kappa shape index (κ3) is 4.31. The van der Waals surface area contributed by atoms with E-state index >= 15 is 0 Å². The predicted octanol–water partition coefficient (Wildman–Crippen LogP) is 2.76. The predicted molar refractivity (Wildman–Crippen MR) is 95.8 cm³/mol. The van der Waals surface area contributed by atoms with Crippen molar-refractivity contribution in [1.29, 1.82) is 0 Å². The summed E-state index contributed by atoms with van der Waals surface area (Å²) in [5.41, 5.74) is 1.16. The standard InChI is InChI=1S/C17H16N4O4S/c1-21(2)16(23)11-5-7-12(8-6-11)18-14(22)10-26-17-20-19-15(25-17)13-4-3-9-24-13/h3-9H,10H2,1-2H3,(H,18,22). The molecule has 0 unspecified atom stereocenters. The molecule has 2 heterocycles. The van der Waals surface area contributed by atoms with Crippen molar-refractivity contribution in [3.05, 3.63) is 48.2 Å². The summed E-state index contributed by atoms with van der Waals surface area (Å²) >= 11 is 1.12. The van der Waals surface area contributed by atoms with Crippen molar-refractivity contribution in [2.75, 3.05) is 25.2 Å². The monoisotopic (exact) mass is 372 g/mol. The van der Waals surface area contributed by atoms with Crippen LogP contribution in [0.2, 0.25) is 0 Å². The Kier molecular flexibility index (Phi) is 5.37. The van der Waals surface area contributed by atoms with Crippen LogP contribution in [0.1, 0.15) is 10.4 Å². The van der Waals surface area contributed by atoms with Gasteiger partial charge in [0.15, 0.2) is 5.76 Å². The normalized spacial score (nSPS) is 10.5. The topological polar surface area (TPSA) is 101 Å². The maximum Gasteiger partial charge on any atom is 0.284 e. The zero-order valence-corrected chi connectivity index (χ0v) is 14.9. The van der Waals surface area contributed by atoms with Crippen LogP contribution in [0.4, 0.5) is 5.69 Å². The van der Waals surface area contributed by atoms with E-state index in [9.17, 15) is 9.59 Å². The number of aromatic nitrogens is 2. The fourth-order valence-corrected chi connectivity index (χ4v) is 2.61. The van der Waals surface area contributed by atoms with Gasteiger partial charge in [-0.3, -0.25) is 9.59 Å². The molecule has 26 heavy (non-hydrogen) atoms. The van der Waals surface area contributed by atoms with Gasteiger partial charge in [0.1, 0.15) is 0 Å². The summed E-state index contributed by atoms with van der Waals surface area (Å²) in [6.07, 6.45) is 1.51. The summed E-state index contributed by atoms with van der Waals surface area (Å²) in [5, 5.41) is 10.8. The molecule has 0 fully saturated rings. The molecule has 2 aromatic heterocycles. The number of benzene rings is 1. The van der Waals surface area contributed by atoms with Crippen molar-refractivity contribution in [2.45, 2.75) is 5.22 Å². The number of hydrogen-bond acceptors (Lipinski definition) is 7. The highest BCUT2D eigenvalue weighted by molar-refractivity contribution is 7.99. The summed E-state index contributed by atoms with van der Waals surface area (Å²) in [6, 6.07) is 10.1. The van der Waals surface area contributed by atoms with E-state index in [1.807, 2.05) is 0 Å². The molecule has 8 nitrogen and oxygen atoms in total. The highest BCUT2D eigenvalue weighted by Crippen LogP contribution is 2.23. The molecule has 0 bridgehead atoms. The molecule has 0 aliphatic heterocycles. The Labute approximate surface area is 153 Å². The number of rotatable bonds is 6. The first-order chi connectivity index (χ1) is 12.5. The Morgan fingerprint density at radius 2 is 1.92 bits per heavy atom. The minimum absolute atomic E-state index is 0.0952. The van der Waals surface area contributed by atoms with Gasteiger partial charge >= 0.3 is 0 Å². The Balaban J connectivity index is 1.52. The summed E-state index contributed by atoms with van der Waals surface area (Å²) in [5.74, 6) is 0.528. The second-order valence-corrected chi connectivity index (χ2v) is 6.39. The van der Waals surface area contributed by atoms with Gasteiger partial charge in [-0.25, -0.2) is 0 Å². The van der Waals surface area contributed by atoms with Crippen molar-refractivity contribution in [3.8, 4) is 11.7 Å². The Bertz CT molecular complexity index is 888. The minimum atomic E-state index is -0.223. The number of carbonyl (C=O) groups excluding carboxylic acids is 2. The highest BCUT2D eigenvalue weighted by atomic mass is 32.2. The Hall–Kier alpha value is -3.07. The van der Waals surface area contributed by atoms with Gasteiger partial charge in [0, 0.05) is 25.3 Å². The molecule has 134 valence electrons. The van der Waals surface area contributed by atoms with Gasteiger partial charge in [0.2, 0.25) is 5.91 Å². The number of hydrogen-bond donors (Lipinski definition) is 1. The molecule has 2 amide bonds. The highest BCUT2D eigenvalue weighted by Gasteiger charge is 2.13. The third-order valence-electron chi connectivity index (χ3n) is 3.29. The average molecular weight is 372 g/mol. The van der Waals surface area contributed by atoms with Crippen LogP contribution in [0, 0.1) is 0 Å². The minimum Gasteiger partial charge on any atom is -0.459 e. The van der Waals surface area contributed by atoms with Crippen molar-refractivity contribution >= 4 is 29.3 Å². The van der Waals surface area contributed by atoms with Crippen LogP contribution in [0.15, 0.2) is 56.7 Å². The number of nitrogens with one attached hydrogen (secondary N) is 1. The van der Waals surface area contributed by atoms with Crippen LogP contribution in [0.25, 0.3) is 11.7 Å². The van der Waals surface area contributed by atoms with Gasteiger partial charge in [0.25, 0.3) is 17.0 Å². The summed E-state index contributed by atoms with van der Waals surface area (Å²) in [7, 11) is 3.37. The van der Waals surface area contributed by atoms with Gasteiger partial charge in [0.05, 0.1) is 12.0 Å². The molecule has 0 saturated heterocycles. The molecule has 0 atom stereocenters. The van der Waals surface area contributed by atoms with E-state index in [0.717, 1.165) is 11.8 Å². The SMILES string of the molecule is CN(C)C(=O)c1ccc(NC(=O)CSc2nnc(-c3ccco3)o2)cc1. The van der Waals surface area contributed by atoms with E-state index in [-0.39, 0.29) is 28.7 Å². The van der Waals surface area contributed by atoms with Crippen LogP contribution in [-0.2, 0) is 4.79 Å². The lowest BCUT2D eigenvalue weighted by Gasteiger charge is -2.10. The molecule has 9 heteroatoms. The van der Waals surface area contributed by atoms with E-state index in [0.29, 0.717) is 17.0 Å². The second-order valence-electron chi connectivity index (χ2n) is 5.46. The van der Waals surface area contributed by atoms with Crippen LogP contribution in [0.3, 0.4) is 0 Å². The van der Waals surface area contributed by atoms with Gasteiger partial charge in [-0.1, -0.05) is 11.8 Å². The molecule has 3 aromatic rings. The van der Waals surface area contributed by atoms with E-state index in [1.54, 1.807) is 50.5 Å². The van der Waals surface area contributed by atoms with E-state index in [4.69, 9.17) is 8.83 Å². The molecular formula is C17H16N4O4S. The van der Waals surface area contributed by atoms with Crippen molar-refractivity contribution in [1.82, 2.24) is 15.1 Å². The molecule has 0 aliphatic rings. The average Bonchev–Trinajstić information content (AvgIpc) is 3.31. The maximum atomic E-state index is 12.0. The Morgan fingerprint density at radius 3 is 2.58 bits per heavy atom. The molecule has 1 N–H and O–H groups in total. The van der Waals surface area contributed by atoms with E-state index in [2.05, 4.69) is 15.5 Å². The lowest BCUT2D eigenvalue weighted by atomic mass is 10.2. The lowest BCUT2D eigenvalue weighted by molar-refractivity contribution is -0.113. The van der Waals surface area contributed by atoms with Crippen LogP contribution < -0.4 is 5.32 Å². The molecule has 0 aliphatic carbocycles. The van der Waals surface area contributed by atoms with E-state index in [1.165, 1.54) is 11.2 Å². The van der Waals surface area contributed by atoms with Crippen molar-refractivity contribution in [3.63, 3.8) is 0 Å². The van der Waals surface area contributed by atoms with Crippen molar-refractivity contribution in [2.24, 2.45) is 0 Å². The fraction of sp³-hybridized carbons (Fsp3) is 0.176. The van der Waals surface area contributed by atoms with Crippen LogP contribution in [-0.4, -0.2) is 46.8 Å². The number of thioether (sulfide) groups is 1. The molecule has 3 rings (SSSR count). The summed E-state index contributed by atoms with van der Waals surface area (Å²) < 4.78 is 10.6. The first-order valence-electron chi connectivity index (χ1n) is 7.64. The van der Waals surface area contributed by atoms with Gasteiger partial charge in [-0.2, -0.15) is 0 Å². The van der Waals surface area contributed by atoms with Crippen LogP contribution in [0.5, 0.6) is 0 Å². The first kappa shape index (κ1) is 17.7. The number of carbonyl (C=O) groups is 2. The largest absolute Gasteiger partial charge is 0.459 e. The smallest absolute Gasteiger partial charge is 0.284 e. The fourth-order valence-electron chi connectivity index (χ4n) is 2.05. The number of amides is 2. The second kappa shape index (κ2) is 7.87. The Morgan fingerprint density at radius 1 is 1.15 bits per heavy atom. The molecule has 1 aromatic carbocycles. The zero-order chi connectivity index (χ0) is 18.5. The molecule has 0 radical (unpaired) electrons. The van der Waals surface area contributed by atoms with Crippen LogP contribution >= 0.6 is 11.8 Å². The summed E-state index contributed by atoms with van der Waals surface area (Å²) in [6.45, 7) is 0.